The lowest BCUT2D eigenvalue weighted by molar-refractivity contribution is -0.121. The topological polar surface area (TPSA) is 29.1 Å². The standard InChI is InChI=1S/C20H35NO/c1-3-5-6-7-8-9-10-11-12-13-14-15-16-17-18-19-20(22)21-4-2/h8-9,11-12,14-15H,3-7,10,13,16-19H2,1-2H3,(H,21,22)/b9-8-,12-11-,15-14-. The Balaban J connectivity index is 3.35. The first-order chi connectivity index (χ1) is 10.8. The Labute approximate surface area is 137 Å². The van der Waals surface area contributed by atoms with Gasteiger partial charge in [-0.1, -0.05) is 56.2 Å². The van der Waals surface area contributed by atoms with Gasteiger partial charge in [0.1, 0.15) is 0 Å². The molecule has 0 rings (SSSR count). The van der Waals surface area contributed by atoms with Crippen LogP contribution in [0.25, 0.3) is 0 Å². The number of hydrogen-bond acceptors (Lipinski definition) is 1. The molecule has 0 aliphatic heterocycles. The van der Waals surface area contributed by atoms with Crippen molar-refractivity contribution in [3.8, 4) is 0 Å². The van der Waals surface area contributed by atoms with E-state index < -0.39 is 0 Å². The van der Waals surface area contributed by atoms with Gasteiger partial charge in [0.2, 0.25) is 5.91 Å². The van der Waals surface area contributed by atoms with Crippen LogP contribution in [0.5, 0.6) is 0 Å². The van der Waals surface area contributed by atoms with Crippen molar-refractivity contribution in [2.45, 2.75) is 78.1 Å². The highest BCUT2D eigenvalue weighted by atomic mass is 16.1. The Morgan fingerprint density at radius 1 is 0.773 bits per heavy atom. The minimum atomic E-state index is 0.178. The van der Waals surface area contributed by atoms with Crippen LogP contribution in [0.15, 0.2) is 36.5 Å². The second-order valence-corrected chi connectivity index (χ2v) is 5.58. The molecule has 0 spiro atoms. The first-order valence-electron chi connectivity index (χ1n) is 9.02. The molecule has 1 amide bonds. The Kier molecular flexibility index (Phi) is 16.7. The predicted octanol–water partition coefficient (Wildman–Crippen LogP) is 5.71. The maximum absolute atomic E-state index is 11.2. The van der Waals surface area contributed by atoms with Crippen molar-refractivity contribution in [3.63, 3.8) is 0 Å². The van der Waals surface area contributed by atoms with E-state index >= 15 is 0 Å². The highest BCUT2D eigenvalue weighted by Crippen LogP contribution is 2.02. The summed E-state index contributed by atoms with van der Waals surface area (Å²) in [6.07, 6.45) is 24.5. The lowest BCUT2D eigenvalue weighted by atomic mass is 10.1. The fraction of sp³-hybridized carbons (Fsp3) is 0.650. The molecule has 0 heterocycles. The number of unbranched alkanes of at least 4 members (excludes halogenated alkanes) is 5. The van der Waals surface area contributed by atoms with Crippen LogP contribution in [0.4, 0.5) is 0 Å². The molecule has 0 aromatic rings. The molecular formula is C20H35NO. The van der Waals surface area contributed by atoms with Crippen LogP contribution in [-0.4, -0.2) is 12.5 Å². The van der Waals surface area contributed by atoms with Gasteiger partial charge in [-0.15, -0.1) is 0 Å². The van der Waals surface area contributed by atoms with Crippen molar-refractivity contribution >= 4 is 5.91 Å². The number of rotatable bonds is 14. The summed E-state index contributed by atoms with van der Waals surface area (Å²) in [5.41, 5.74) is 0. The zero-order chi connectivity index (χ0) is 16.3. The van der Waals surface area contributed by atoms with Gasteiger partial charge in [0.25, 0.3) is 0 Å². The maximum Gasteiger partial charge on any atom is 0.219 e. The van der Waals surface area contributed by atoms with Crippen LogP contribution in [0.3, 0.4) is 0 Å². The zero-order valence-corrected chi connectivity index (χ0v) is 14.7. The van der Waals surface area contributed by atoms with Crippen LogP contribution in [-0.2, 0) is 4.79 Å². The summed E-state index contributed by atoms with van der Waals surface area (Å²) in [6, 6.07) is 0. The first kappa shape index (κ1) is 20.7. The van der Waals surface area contributed by atoms with Gasteiger partial charge in [0, 0.05) is 13.0 Å². The highest BCUT2D eigenvalue weighted by Gasteiger charge is 1.96. The number of allylic oxidation sites excluding steroid dienone is 6. The summed E-state index contributed by atoms with van der Waals surface area (Å²) in [7, 11) is 0. The molecule has 126 valence electrons. The summed E-state index contributed by atoms with van der Waals surface area (Å²) in [5.74, 6) is 0.178. The fourth-order valence-corrected chi connectivity index (χ4v) is 2.12. The third-order valence-electron chi connectivity index (χ3n) is 3.42. The van der Waals surface area contributed by atoms with Crippen molar-refractivity contribution in [1.29, 1.82) is 0 Å². The highest BCUT2D eigenvalue weighted by molar-refractivity contribution is 5.75. The normalized spacial score (nSPS) is 11.9. The monoisotopic (exact) mass is 305 g/mol. The quantitative estimate of drug-likeness (QED) is 0.323. The van der Waals surface area contributed by atoms with E-state index in [4.69, 9.17) is 0 Å². The lowest BCUT2D eigenvalue weighted by Crippen LogP contribution is -2.21. The Morgan fingerprint density at radius 3 is 1.86 bits per heavy atom. The number of carbonyl (C=O) groups excluding carboxylic acids is 1. The van der Waals surface area contributed by atoms with E-state index in [1.165, 1.54) is 25.7 Å². The van der Waals surface area contributed by atoms with Crippen LogP contribution in [0.1, 0.15) is 78.1 Å². The average Bonchev–Trinajstić information content (AvgIpc) is 2.51. The largest absolute Gasteiger partial charge is 0.356 e. The molecule has 1 N–H and O–H groups in total. The van der Waals surface area contributed by atoms with E-state index in [9.17, 15) is 4.79 Å². The van der Waals surface area contributed by atoms with Gasteiger partial charge in [0.15, 0.2) is 0 Å². The van der Waals surface area contributed by atoms with E-state index in [1.807, 2.05) is 6.92 Å². The van der Waals surface area contributed by atoms with Crippen molar-refractivity contribution in [2.24, 2.45) is 0 Å². The molecule has 0 saturated carbocycles. The van der Waals surface area contributed by atoms with Crippen LogP contribution in [0.2, 0.25) is 0 Å². The molecule has 0 aromatic heterocycles. The third kappa shape index (κ3) is 16.7. The molecule has 2 heteroatoms. The number of nitrogens with one attached hydrogen (secondary N) is 1. The van der Waals surface area contributed by atoms with Crippen molar-refractivity contribution in [2.75, 3.05) is 6.54 Å². The minimum absolute atomic E-state index is 0.178. The summed E-state index contributed by atoms with van der Waals surface area (Å²) in [6.45, 7) is 4.93. The Hall–Kier alpha value is -1.31. The molecule has 0 aliphatic rings. The Morgan fingerprint density at radius 2 is 1.32 bits per heavy atom. The van der Waals surface area contributed by atoms with Crippen LogP contribution >= 0.6 is 0 Å². The zero-order valence-electron chi connectivity index (χ0n) is 14.7. The SMILES string of the molecule is CCCCC/C=C\C/C=C\C/C=C\CCCCC(=O)NCC. The average molecular weight is 306 g/mol. The van der Waals surface area contributed by atoms with E-state index in [0.717, 1.165) is 38.6 Å². The van der Waals surface area contributed by atoms with E-state index in [-0.39, 0.29) is 5.91 Å². The molecular weight excluding hydrogens is 270 g/mol. The molecule has 0 fully saturated rings. The van der Waals surface area contributed by atoms with Gasteiger partial charge in [0.05, 0.1) is 0 Å². The van der Waals surface area contributed by atoms with Crippen LogP contribution < -0.4 is 5.32 Å². The van der Waals surface area contributed by atoms with E-state index in [0.29, 0.717) is 6.42 Å². The van der Waals surface area contributed by atoms with Gasteiger partial charge in [-0.2, -0.15) is 0 Å². The predicted molar refractivity (Wildman–Crippen MR) is 97.9 cm³/mol. The molecule has 0 aliphatic carbocycles. The molecule has 0 bridgehead atoms. The Bertz CT molecular complexity index is 329. The lowest BCUT2D eigenvalue weighted by Gasteiger charge is -2.00. The third-order valence-corrected chi connectivity index (χ3v) is 3.42. The smallest absolute Gasteiger partial charge is 0.219 e. The van der Waals surface area contributed by atoms with E-state index in [2.05, 4.69) is 48.7 Å². The molecule has 0 unspecified atom stereocenters. The molecule has 0 aromatic carbocycles. The van der Waals surface area contributed by atoms with Gasteiger partial charge in [-0.25, -0.2) is 0 Å². The summed E-state index contributed by atoms with van der Waals surface area (Å²) in [5, 5.41) is 2.82. The molecule has 22 heavy (non-hydrogen) atoms. The second-order valence-electron chi connectivity index (χ2n) is 5.58. The maximum atomic E-state index is 11.2. The molecule has 0 saturated heterocycles. The van der Waals surface area contributed by atoms with Crippen molar-refractivity contribution in [3.05, 3.63) is 36.5 Å². The molecule has 2 nitrogen and oxygen atoms in total. The number of carbonyl (C=O) groups is 1. The first-order valence-corrected chi connectivity index (χ1v) is 9.02. The van der Waals surface area contributed by atoms with Crippen LogP contribution in [0, 0.1) is 0 Å². The van der Waals surface area contributed by atoms with Gasteiger partial charge in [-0.3, -0.25) is 4.79 Å². The second kappa shape index (κ2) is 17.7. The molecule has 0 radical (unpaired) electrons. The summed E-state index contributed by atoms with van der Waals surface area (Å²) >= 11 is 0. The van der Waals surface area contributed by atoms with Crippen molar-refractivity contribution in [1.82, 2.24) is 5.32 Å². The summed E-state index contributed by atoms with van der Waals surface area (Å²) < 4.78 is 0. The van der Waals surface area contributed by atoms with Gasteiger partial charge >= 0.3 is 0 Å². The van der Waals surface area contributed by atoms with Crippen molar-refractivity contribution < 1.29 is 4.79 Å². The van der Waals surface area contributed by atoms with Gasteiger partial charge < -0.3 is 5.32 Å². The molecule has 0 atom stereocenters. The number of amides is 1. The van der Waals surface area contributed by atoms with E-state index in [1.54, 1.807) is 0 Å². The number of hydrogen-bond donors (Lipinski definition) is 1. The van der Waals surface area contributed by atoms with Gasteiger partial charge in [-0.05, 0) is 51.9 Å². The summed E-state index contributed by atoms with van der Waals surface area (Å²) in [4.78, 5) is 11.2. The fourth-order valence-electron chi connectivity index (χ4n) is 2.12. The minimum Gasteiger partial charge on any atom is -0.356 e.